The van der Waals surface area contributed by atoms with Crippen molar-refractivity contribution in [2.24, 2.45) is 5.92 Å². The number of esters is 1. The van der Waals surface area contributed by atoms with Crippen molar-refractivity contribution in [1.29, 1.82) is 0 Å². The highest BCUT2D eigenvalue weighted by molar-refractivity contribution is 14.1. The lowest BCUT2D eigenvalue weighted by Gasteiger charge is -2.23. The lowest BCUT2D eigenvalue weighted by Crippen LogP contribution is -2.23. The molecule has 1 aliphatic rings. The number of anilines is 1. The van der Waals surface area contributed by atoms with Crippen LogP contribution in [0.25, 0.3) is 22.2 Å². The van der Waals surface area contributed by atoms with Crippen molar-refractivity contribution in [2.75, 3.05) is 36.6 Å². The Hall–Kier alpha value is -2.50. The summed E-state index contributed by atoms with van der Waals surface area (Å²) in [4.78, 5) is 22.1. The zero-order valence-corrected chi connectivity index (χ0v) is 19.6. The van der Waals surface area contributed by atoms with Crippen LogP contribution in [-0.2, 0) is 10.9 Å². The number of hydrogen-bond acceptors (Lipinski definition) is 5. The molecule has 0 spiro atoms. The van der Waals surface area contributed by atoms with Gasteiger partial charge in [0.25, 0.3) is 0 Å². The fourth-order valence-electron chi connectivity index (χ4n) is 4.15. The van der Waals surface area contributed by atoms with Gasteiger partial charge in [0.2, 0.25) is 0 Å². The van der Waals surface area contributed by atoms with Crippen LogP contribution in [0.1, 0.15) is 22.3 Å². The number of aromatic nitrogens is 2. The van der Waals surface area contributed by atoms with E-state index in [0.717, 1.165) is 30.0 Å². The van der Waals surface area contributed by atoms with E-state index in [-0.39, 0.29) is 5.75 Å². The molecule has 1 atom stereocenters. The predicted molar refractivity (Wildman–Crippen MR) is 124 cm³/mol. The van der Waals surface area contributed by atoms with Crippen molar-refractivity contribution in [2.45, 2.75) is 12.6 Å². The maximum Gasteiger partial charge on any atom is 0.419 e. The molecule has 32 heavy (non-hydrogen) atoms. The normalized spacial score (nSPS) is 16.6. The molecule has 6 nitrogen and oxygen atoms in total. The first-order valence-electron chi connectivity index (χ1n) is 9.93. The molecule has 3 aromatic rings. The van der Waals surface area contributed by atoms with Crippen LogP contribution < -0.4 is 9.64 Å². The molecule has 0 radical (unpaired) electrons. The summed E-state index contributed by atoms with van der Waals surface area (Å²) in [6.45, 7) is 1.50. The molecule has 1 aromatic heterocycles. The maximum absolute atomic E-state index is 13.6. The highest BCUT2D eigenvalue weighted by Crippen LogP contribution is 2.42. The lowest BCUT2D eigenvalue weighted by atomic mass is 9.97. The number of hydrogen-bond donors (Lipinski definition) is 1. The van der Waals surface area contributed by atoms with Crippen LogP contribution in [0.15, 0.2) is 30.6 Å². The summed E-state index contributed by atoms with van der Waals surface area (Å²) in [5, 5.41) is 0. The molecule has 0 aliphatic carbocycles. The van der Waals surface area contributed by atoms with Gasteiger partial charge in [-0.05, 0) is 36.1 Å². The van der Waals surface area contributed by atoms with Gasteiger partial charge in [0.15, 0.2) is 0 Å². The fraction of sp³-hybridized carbons (Fsp3) is 0.364. The minimum atomic E-state index is -4.58. The van der Waals surface area contributed by atoms with Gasteiger partial charge in [-0.15, -0.1) is 0 Å². The van der Waals surface area contributed by atoms with E-state index in [4.69, 9.17) is 9.47 Å². The number of benzene rings is 2. The van der Waals surface area contributed by atoms with Gasteiger partial charge in [0.1, 0.15) is 11.3 Å². The Bertz CT molecular complexity index is 1160. The number of imidazole rings is 1. The number of nitrogens with zero attached hydrogens (tertiary/aromatic N) is 2. The van der Waals surface area contributed by atoms with Crippen LogP contribution in [0.4, 0.5) is 18.9 Å². The summed E-state index contributed by atoms with van der Waals surface area (Å²) >= 11 is 2.34. The summed E-state index contributed by atoms with van der Waals surface area (Å²) in [7, 11) is 2.51. The molecule has 0 bridgehead atoms. The van der Waals surface area contributed by atoms with E-state index in [2.05, 4.69) is 37.5 Å². The largest absolute Gasteiger partial charge is 0.496 e. The van der Waals surface area contributed by atoms with E-state index in [0.29, 0.717) is 39.3 Å². The van der Waals surface area contributed by atoms with Gasteiger partial charge in [-0.3, -0.25) is 0 Å². The fourth-order valence-corrected chi connectivity index (χ4v) is 4.87. The first kappa shape index (κ1) is 22.7. The molecule has 2 heterocycles. The first-order valence-corrected chi connectivity index (χ1v) is 11.5. The molecule has 2 aromatic carbocycles. The topological polar surface area (TPSA) is 67.4 Å². The summed E-state index contributed by atoms with van der Waals surface area (Å²) in [5.74, 6) is -0.306. The maximum atomic E-state index is 13.6. The molecule has 1 N–H and O–H groups in total. The number of methoxy groups -OCH3 is 2. The lowest BCUT2D eigenvalue weighted by molar-refractivity contribution is -0.138. The van der Waals surface area contributed by atoms with Gasteiger partial charge in [-0.25, -0.2) is 9.78 Å². The van der Waals surface area contributed by atoms with E-state index >= 15 is 0 Å². The molecule has 10 heteroatoms. The van der Waals surface area contributed by atoms with Gasteiger partial charge < -0.3 is 19.4 Å². The predicted octanol–water partition coefficient (Wildman–Crippen LogP) is 5.31. The third-order valence-electron chi connectivity index (χ3n) is 5.73. The number of ether oxygens (including phenoxy) is 2. The minimum Gasteiger partial charge on any atom is -0.496 e. The highest BCUT2D eigenvalue weighted by Gasteiger charge is 2.35. The Labute approximate surface area is 196 Å². The summed E-state index contributed by atoms with van der Waals surface area (Å²) in [6, 6.07) is 5.66. The number of aromatic amines is 1. The number of carbonyl (C=O) groups excluding carboxylic acids is 1. The summed E-state index contributed by atoms with van der Waals surface area (Å²) in [5.41, 5.74) is 1.75. The number of alkyl halides is 4. The van der Waals surface area contributed by atoms with Crippen LogP contribution in [0.5, 0.6) is 5.75 Å². The second-order valence-corrected chi connectivity index (χ2v) is 8.48. The molecule has 1 aliphatic heterocycles. The zero-order valence-electron chi connectivity index (χ0n) is 17.4. The Morgan fingerprint density at radius 2 is 2.09 bits per heavy atom. The van der Waals surface area contributed by atoms with E-state index < -0.39 is 17.7 Å². The van der Waals surface area contributed by atoms with Crippen LogP contribution >= 0.6 is 22.6 Å². The molecule has 0 amide bonds. The number of nitrogens with one attached hydrogen (secondary N) is 1. The van der Waals surface area contributed by atoms with Crippen LogP contribution in [-0.4, -0.2) is 47.7 Å². The minimum absolute atomic E-state index is 0.254. The van der Waals surface area contributed by atoms with E-state index in [9.17, 15) is 18.0 Å². The molecule has 0 saturated carbocycles. The molecular weight excluding hydrogens is 538 g/mol. The second kappa shape index (κ2) is 8.80. The smallest absolute Gasteiger partial charge is 0.419 e. The SMILES string of the molecule is COC(=O)c1c(N2CC[C@H](CI)C2)cc(-c2ccc(OC)c(C(F)(F)F)c2)c2nc[nH]c12. The van der Waals surface area contributed by atoms with Gasteiger partial charge in [-0.2, -0.15) is 13.2 Å². The van der Waals surface area contributed by atoms with Crippen LogP contribution in [0.3, 0.4) is 0 Å². The van der Waals surface area contributed by atoms with Crippen molar-refractivity contribution in [3.05, 3.63) is 41.7 Å². The third kappa shape index (κ3) is 4.00. The molecule has 0 unspecified atom stereocenters. The average Bonchev–Trinajstić information content (AvgIpc) is 3.46. The number of fused-ring (bicyclic) bond motifs is 1. The Balaban J connectivity index is 1.96. The van der Waals surface area contributed by atoms with E-state index in [1.54, 1.807) is 12.1 Å². The van der Waals surface area contributed by atoms with Gasteiger partial charge in [0.05, 0.1) is 42.8 Å². The Kier molecular flexibility index (Phi) is 6.24. The molecule has 1 saturated heterocycles. The summed E-state index contributed by atoms with van der Waals surface area (Å²) < 4.78 is 51.8. The number of rotatable bonds is 5. The van der Waals surface area contributed by atoms with Crippen molar-refractivity contribution in [3.8, 4) is 16.9 Å². The van der Waals surface area contributed by atoms with Crippen LogP contribution in [0.2, 0.25) is 0 Å². The second-order valence-electron chi connectivity index (χ2n) is 7.60. The van der Waals surface area contributed by atoms with E-state index in [1.165, 1.54) is 26.6 Å². The zero-order chi connectivity index (χ0) is 23.0. The molecule has 4 rings (SSSR count). The molecule has 1 fully saturated rings. The molecular formula is C22H21F3IN3O3. The number of halogens is 4. The van der Waals surface area contributed by atoms with Gasteiger partial charge in [-0.1, -0.05) is 28.7 Å². The van der Waals surface area contributed by atoms with Crippen LogP contribution in [0, 0.1) is 5.92 Å². The average molecular weight is 559 g/mol. The number of carbonyl (C=O) groups is 1. The molecule has 170 valence electrons. The van der Waals surface area contributed by atoms with Crippen molar-refractivity contribution in [1.82, 2.24) is 9.97 Å². The Morgan fingerprint density at radius 1 is 1.31 bits per heavy atom. The summed E-state index contributed by atoms with van der Waals surface area (Å²) in [6.07, 6.45) is -2.18. The van der Waals surface area contributed by atoms with Crippen molar-refractivity contribution < 1.29 is 27.4 Å². The quantitative estimate of drug-likeness (QED) is 0.261. The number of H-pyrrole nitrogens is 1. The van der Waals surface area contributed by atoms with Crippen molar-refractivity contribution in [3.63, 3.8) is 0 Å². The Morgan fingerprint density at radius 3 is 2.72 bits per heavy atom. The monoisotopic (exact) mass is 559 g/mol. The van der Waals surface area contributed by atoms with Gasteiger partial charge in [0, 0.05) is 23.1 Å². The highest BCUT2D eigenvalue weighted by atomic mass is 127. The first-order chi connectivity index (χ1) is 15.3. The van der Waals surface area contributed by atoms with Gasteiger partial charge >= 0.3 is 12.1 Å². The standard InChI is InChI=1S/C22H21F3IN3O3/c1-31-17-4-3-13(7-15(17)22(23,24)25)14-8-16(29-6-5-12(9-26)10-29)18(21(30)32-2)20-19(14)27-11-28-20/h3-4,7-8,11-12H,5-6,9-10H2,1-2H3,(H,27,28)/t12-/m1/s1. The van der Waals surface area contributed by atoms with Crippen molar-refractivity contribution >= 4 is 45.3 Å². The third-order valence-corrected chi connectivity index (χ3v) is 6.98. The van der Waals surface area contributed by atoms with E-state index in [1.807, 2.05) is 0 Å².